The number of aromatic nitrogens is 1. The van der Waals surface area contributed by atoms with Gasteiger partial charge in [0.25, 0.3) is 0 Å². The number of ether oxygens (including phenoxy) is 1. The number of methoxy groups -OCH3 is 1. The van der Waals surface area contributed by atoms with Crippen LogP contribution in [0.25, 0.3) is 11.1 Å². The van der Waals surface area contributed by atoms with Crippen molar-refractivity contribution >= 4 is 17.4 Å². The number of rotatable bonds is 8. The topological polar surface area (TPSA) is 59.5 Å². The van der Waals surface area contributed by atoms with E-state index in [0.717, 1.165) is 33.5 Å². The van der Waals surface area contributed by atoms with E-state index in [1.165, 1.54) is 0 Å². The Morgan fingerprint density at radius 2 is 1.74 bits per heavy atom. The molecule has 1 aromatic heterocycles. The summed E-state index contributed by atoms with van der Waals surface area (Å²) in [6, 6.07) is 17.6. The minimum absolute atomic E-state index is 0.0790. The highest BCUT2D eigenvalue weighted by Gasteiger charge is 2.13. The molecule has 31 heavy (non-hydrogen) atoms. The van der Waals surface area contributed by atoms with E-state index in [2.05, 4.69) is 4.98 Å². The molecule has 0 saturated heterocycles. The van der Waals surface area contributed by atoms with Gasteiger partial charge in [0.2, 0.25) is 11.8 Å². The van der Waals surface area contributed by atoms with E-state index >= 15 is 0 Å². The first-order valence-electron chi connectivity index (χ1n) is 10.4. The summed E-state index contributed by atoms with van der Waals surface area (Å²) in [5.74, 6) is 0.748. The second-order valence-corrected chi connectivity index (χ2v) is 7.48. The molecule has 0 bridgehead atoms. The van der Waals surface area contributed by atoms with Gasteiger partial charge in [-0.2, -0.15) is 0 Å². The van der Waals surface area contributed by atoms with Crippen LogP contribution in [0.4, 0.5) is 5.69 Å². The molecule has 0 N–H and O–H groups in total. The predicted octanol–water partition coefficient (Wildman–Crippen LogP) is 5.25. The number of aryl methyl sites for hydroxylation is 2. The van der Waals surface area contributed by atoms with E-state index in [4.69, 9.17) is 4.74 Å². The Kier molecular flexibility index (Phi) is 7.19. The number of amides is 1. The average molecular weight is 417 g/mol. The molecule has 0 spiro atoms. The molecule has 0 atom stereocenters. The zero-order valence-corrected chi connectivity index (χ0v) is 18.5. The highest BCUT2D eigenvalue weighted by Crippen LogP contribution is 2.26. The summed E-state index contributed by atoms with van der Waals surface area (Å²) >= 11 is 0. The van der Waals surface area contributed by atoms with Gasteiger partial charge in [0, 0.05) is 42.9 Å². The summed E-state index contributed by atoms with van der Waals surface area (Å²) in [6.07, 6.45) is 3.14. The Morgan fingerprint density at radius 3 is 2.39 bits per heavy atom. The standard InChI is InChI=1S/C26H28N2O3/c1-5-25(30)28(3)22-12-8-19(9-13-22)21-10-14-23(18(2)17-21)24(29)15-11-20-7-6-16-27-26(20)31-4/h6-10,12-14,16-17H,5,11,15H2,1-4H3. The summed E-state index contributed by atoms with van der Waals surface area (Å²) in [5, 5.41) is 0. The SMILES string of the molecule is CCC(=O)N(C)c1ccc(-c2ccc(C(=O)CCc3cccnc3OC)c(C)c2)cc1. The van der Waals surface area contributed by atoms with Gasteiger partial charge in [-0.15, -0.1) is 0 Å². The van der Waals surface area contributed by atoms with Crippen LogP contribution in [0.15, 0.2) is 60.8 Å². The quantitative estimate of drug-likeness (QED) is 0.470. The average Bonchev–Trinajstić information content (AvgIpc) is 2.81. The fourth-order valence-corrected chi connectivity index (χ4v) is 3.60. The molecule has 0 aliphatic rings. The second kappa shape index (κ2) is 10.0. The zero-order valence-electron chi connectivity index (χ0n) is 18.5. The van der Waals surface area contributed by atoms with Gasteiger partial charge in [0.1, 0.15) is 0 Å². The number of anilines is 1. The zero-order chi connectivity index (χ0) is 22.4. The Labute approximate surface area is 183 Å². The first-order valence-corrected chi connectivity index (χ1v) is 10.4. The molecular formula is C26H28N2O3. The lowest BCUT2D eigenvalue weighted by molar-refractivity contribution is -0.118. The number of pyridine rings is 1. The van der Waals surface area contributed by atoms with Crippen LogP contribution in [0, 0.1) is 6.92 Å². The van der Waals surface area contributed by atoms with Gasteiger partial charge in [-0.05, 0) is 48.2 Å². The fourth-order valence-electron chi connectivity index (χ4n) is 3.60. The third-order valence-electron chi connectivity index (χ3n) is 5.46. The number of benzene rings is 2. The van der Waals surface area contributed by atoms with E-state index in [0.29, 0.717) is 25.1 Å². The smallest absolute Gasteiger partial charge is 0.226 e. The normalized spacial score (nSPS) is 10.6. The Balaban J connectivity index is 1.72. The maximum absolute atomic E-state index is 12.8. The maximum atomic E-state index is 12.8. The summed E-state index contributed by atoms with van der Waals surface area (Å²) < 4.78 is 5.27. The van der Waals surface area contributed by atoms with E-state index < -0.39 is 0 Å². The Hall–Kier alpha value is -3.47. The number of carbonyl (C=O) groups excluding carboxylic acids is 2. The first-order chi connectivity index (χ1) is 14.9. The number of hydrogen-bond donors (Lipinski definition) is 0. The highest BCUT2D eigenvalue weighted by atomic mass is 16.5. The molecule has 160 valence electrons. The van der Waals surface area contributed by atoms with Crippen LogP contribution in [0.5, 0.6) is 5.88 Å². The van der Waals surface area contributed by atoms with Crippen LogP contribution in [0.3, 0.4) is 0 Å². The third kappa shape index (κ3) is 5.18. The molecular weight excluding hydrogens is 388 g/mol. The predicted molar refractivity (Wildman–Crippen MR) is 124 cm³/mol. The molecule has 0 aliphatic carbocycles. The van der Waals surface area contributed by atoms with Crippen LogP contribution < -0.4 is 9.64 Å². The van der Waals surface area contributed by atoms with Gasteiger partial charge < -0.3 is 9.64 Å². The molecule has 0 aliphatic heterocycles. The van der Waals surface area contributed by atoms with Crippen molar-refractivity contribution in [1.29, 1.82) is 0 Å². The minimum Gasteiger partial charge on any atom is -0.481 e. The summed E-state index contributed by atoms with van der Waals surface area (Å²) in [4.78, 5) is 30.5. The van der Waals surface area contributed by atoms with Crippen LogP contribution >= 0.6 is 0 Å². The van der Waals surface area contributed by atoms with Gasteiger partial charge in [-0.25, -0.2) is 4.98 Å². The number of ketones is 1. The van der Waals surface area contributed by atoms with Gasteiger partial charge in [0.15, 0.2) is 5.78 Å². The molecule has 1 heterocycles. The van der Waals surface area contributed by atoms with Gasteiger partial charge in [-0.1, -0.05) is 43.3 Å². The monoisotopic (exact) mass is 416 g/mol. The third-order valence-corrected chi connectivity index (χ3v) is 5.46. The molecule has 2 aromatic carbocycles. The molecule has 5 heteroatoms. The molecule has 0 fully saturated rings. The van der Waals surface area contributed by atoms with Crippen LogP contribution in [-0.2, 0) is 11.2 Å². The fraction of sp³-hybridized carbons (Fsp3) is 0.269. The van der Waals surface area contributed by atoms with Crippen molar-refractivity contribution in [2.75, 3.05) is 19.1 Å². The van der Waals surface area contributed by atoms with E-state index in [1.807, 2.05) is 68.4 Å². The largest absolute Gasteiger partial charge is 0.481 e. The highest BCUT2D eigenvalue weighted by molar-refractivity contribution is 5.98. The van der Waals surface area contributed by atoms with Crippen molar-refractivity contribution in [2.45, 2.75) is 33.1 Å². The number of Topliss-reactive ketones (excluding diaryl/α,β-unsaturated/α-hetero) is 1. The minimum atomic E-state index is 0.0790. The molecule has 5 nitrogen and oxygen atoms in total. The number of carbonyl (C=O) groups is 2. The maximum Gasteiger partial charge on any atom is 0.226 e. The van der Waals surface area contributed by atoms with Crippen LogP contribution in [0.2, 0.25) is 0 Å². The summed E-state index contributed by atoms with van der Waals surface area (Å²) in [5.41, 5.74) is 5.56. The summed E-state index contributed by atoms with van der Waals surface area (Å²) in [6.45, 7) is 3.81. The number of nitrogens with zero attached hydrogens (tertiary/aromatic N) is 2. The molecule has 3 rings (SSSR count). The van der Waals surface area contributed by atoms with Crippen LogP contribution in [0.1, 0.15) is 41.3 Å². The molecule has 3 aromatic rings. The van der Waals surface area contributed by atoms with E-state index in [9.17, 15) is 9.59 Å². The first kappa shape index (κ1) is 22.2. The van der Waals surface area contributed by atoms with Crippen molar-refractivity contribution in [3.05, 3.63) is 77.5 Å². The van der Waals surface area contributed by atoms with Crippen molar-refractivity contribution < 1.29 is 14.3 Å². The molecule has 0 unspecified atom stereocenters. The lowest BCUT2D eigenvalue weighted by Gasteiger charge is -2.17. The van der Waals surface area contributed by atoms with Gasteiger partial charge in [0.05, 0.1) is 7.11 Å². The van der Waals surface area contributed by atoms with Crippen molar-refractivity contribution in [3.8, 4) is 17.0 Å². The molecule has 0 radical (unpaired) electrons. The van der Waals surface area contributed by atoms with Gasteiger partial charge >= 0.3 is 0 Å². The van der Waals surface area contributed by atoms with E-state index in [-0.39, 0.29) is 11.7 Å². The van der Waals surface area contributed by atoms with Crippen molar-refractivity contribution in [1.82, 2.24) is 4.98 Å². The summed E-state index contributed by atoms with van der Waals surface area (Å²) in [7, 11) is 3.37. The Morgan fingerprint density at radius 1 is 1.03 bits per heavy atom. The second-order valence-electron chi connectivity index (χ2n) is 7.48. The molecule has 1 amide bonds. The van der Waals surface area contributed by atoms with Crippen molar-refractivity contribution in [2.24, 2.45) is 0 Å². The lowest BCUT2D eigenvalue weighted by atomic mass is 9.95. The number of hydrogen-bond acceptors (Lipinski definition) is 4. The van der Waals surface area contributed by atoms with Crippen LogP contribution in [-0.4, -0.2) is 30.8 Å². The Bertz CT molecular complexity index is 1070. The van der Waals surface area contributed by atoms with E-state index in [1.54, 1.807) is 25.3 Å². The lowest BCUT2D eigenvalue weighted by Crippen LogP contribution is -2.24. The molecule has 0 saturated carbocycles. The van der Waals surface area contributed by atoms with Crippen molar-refractivity contribution in [3.63, 3.8) is 0 Å². The van der Waals surface area contributed by atoms with Gasteiger partial charge in [-0.3, -0.25) is 9.59 Å².